The van der Waals surface area contributed by atoms with Crippen LogP contribution in [0.25, 0.3) is 16.8 Å². The Labute approximate surface area is 306 Å². The van der Waals surface area contributed by atoms with Gasteiger partial charge in [0.15, 0.2) is 5.84 Å². The molecular weight excluding hydrogens is 633 g/mol. The molecule has 1 N–H and O–H groups in total. The number of benzene rings is 5. The molecule has 5 aromatic carbocycles. The van der Waals surface area contributed by atoms with Crippen LogP contribution >= 0.6 is 0 Å². The molecular formula is C48H40N4. The predicted molar refractivity (Wildman–Crippen MR) is 214 cm³/mol. The van der Waals surface area contributed by atoms with Crippen LogP contribution in [0.3, 0.4) is 0 Å². The number of pyridine rings is 1. The van der Waals surface area contributed by atoms with E-state index in [9.17, 15) is 0 Å². The number of nitrogens with zero attached hydrogens (tertiary/aromatic N) is 3. The Morgan fingerprint density at radius 2 is 1.25 bits per heavy atom. The Balaban J connectivity index is 1.28. The third-order valence-corrected chi connectivity index (χ3v) is 11.2. The molecule has 1 aromatic heterocycles. The van der Waals surface area contributed by atoms with Crippen molar-refractivity contribution in [1.82, 2.24) is 10.3 Å². The molecule has 1 atom stereocenters. The van der Waals surface area contributed by atoms with Crippen LogP contribution in [-0.2, 0) is 10.8 Å². The van der Waals surface area contributed by atoms with Gasteiger partial charge >= 0.3 is 0 Å². The Bertz CT molecular complexity index is 2430. The van der Waals surface area contributed by atoms with Crippen LogP contribution in [0, 0.1) is 0 Å². The SMILES string of the molecule is C/C=C\C1=C(C)C2(c3ccccc3C(C)(C)c3ccccc32)c2cccc(C3N=C(c4cccc(-c5ccccn5)c4)N=C(c4ccccc4)N3)c21. The number of hydrogen-bond acceptors (Lipinski definition) is 4. The third-order valence-electron chi connectivity index (χ3n) is 11.2. The van der Waals surface area contributed by atoms with E-state index in [2.05, 4.69) is 165 Å². The van der Waals surface area contributed by atoms with Gasteiger partial charge in [0.2, 0.25) is 0 Å². The minimum Gasteiger partial charge on any atom is -0.344 e. The van der Waals surface area contributed by atoms with Gasteiger partial charge in [0, 0.05) is 33.9 Å². The van der Waals surface area contributed by atoms with Gasteiger partial charge in [-0.25, -0.2) is 9.98 Å². The maximum absolute atomic E-state index is 5.43. The topological polar surface area (TPSA) is 49.6 Å². The summed E-state index contributed by atoms with van der Waals surface area (Å²) in [4.78, 5) is 15.2. The van der Waals surface area contributed by atoms with Crippen LogP contribution in [0.1, 0.15) is 83.9 Å². The molecule has 4 nitrogen and oxygen atoms in total. The highest BCUT2D eigenvalue weighted by Crippen LogP contribution is 2.62. The van der Waals surface area contributed by atoms with Gasteiger partial charge < -0.3 is 5.32 Å². The molecule has 9 rings (SSSR count). The third kappa shape index (κ3) is 4.71. The molecule has 2 heterocycles. The Morgan fingerprint density at radius 1 is 0.635 bits per heavy atom. The van der Waals surface area contributed by atoms with Gasteiger partial charge in [-0.05, 0) is 76.6 Å². The second kappa shape index (κ2) is 12.3. The van der Waals surface area contributed by atoms with Gasteiger partial charge in [0.05, 0.1) is 11.1 Å². The summed E-state index contributed by atoms with van der Waals surface area (Å²) in [5.41, 5.74) is 15.0. The monoisotopic (exact) mass is 672 g/mol. The number of nitrogens with one attached hydrogen (secondary N) is 1. The second-order valence-corrected chi connectivity index (χ2v) is 14.4. The largest absolute Gasteiger partial charge is 0.344 e. The first-order valence-electron chi connectivity index (χ1n) is 18.1. The van der Waals surface area contributed by atoms with Gasteiger partial charge in [-0.1, -0.05) is 147 Å². The number of fused-ring (bicyclic) bond motifs is 6. The molecule has 1 unspecified atom stereocenters. The van der Waals surface area contributed by atoms with Crippen molar-refractivity contribution in [2.45, 2.75) is 44.7 Å². The van der Waals surface area contributed by atoms with E-state index in [1.807, 2.05) is 30.5 Å². The molecule has 2 aliphatic carbocycles. The fraction of sp³-hybridized carbons (Fsp3) is 0.146. The van der Waals surface area contributed by atoms with E-state index in [0.717, 1.165) is 33.8 Å². The van der Waals surface area contributed by atoms with Gasteiger partial charge in [-0.2, -0.15) is 0 Å². The van der Waals surface area contributed by atoms with Crippen molar-refractivity contribution in [2.24, 2.45) is 9.98 Å². The Hall–Kier alpha value is -6.13. The summed E-state index contributed by atoms with van der Waals surface area (Å²) in [7, 11) is 0. The van der Waals surface area contributed by atoms with Crippen molar-refractivity contribution < 1.29 is 0 Å². The minimum atomic E-state index is -0.447. The zero-order chi connectivity index (χ0) is 35.5. The molecule has 0 saturated carbocycles. The average molecular weight is 673 g/mol. The summed E-state index contributed by atoms with van der Waals surface area (Å²) < 4.78 is 0. The van der Waals surface area contributed by atoms with E-state index in [1.165, 1.54) is 44.5 Å². The molecule has 1 aliphatic heterocycles. The van der Waals surface area contributed by atoms with Gasteiger partial charge in [-0.15, -0.1) is 0 Å². The van der Waals surface area contributed by atoms with Crippen LogP contribution in [0.5, 0.6) is 0 Å². The summed E-state index contributed by atoms with van der Waals surface area (Å²) in [6.07, 6.45) is 5.92. The van der Waals surface area contributed by atoms with Crippen molar-refractivity contribution in [3.05, 3.63) is 214 Å². The lowest BCUT2D eigenvalue weighted by molar-refractivity contribution is 0.557. The number of allylic oxidation sites excluding steroid dienone is 4. The van der Waals surface area contributed by atoms with E-state index in [-0.39, 0.29) is 11.6 Å². The van der Waals surface area contributed by atoms with E-state index >= 15 is 0 Å². The van der Waals surface area contributed by atoms with E-state index in [0.29, 0.717) is 5.84 Å². The van der Waals surface area contributed by atoms with Crippen LogP contribution in [0.15, 0.2) is 173 Å². The molecule has 0 bridgehead atoms. The van der Waals surface area contributed by atoms with Crippen LogP contribution in [0.4, 0.5) is 0 Å². The molecule has 52 heavy (non-hydrogen) atoms. The number of hydrogen-bond donors (Lipinski definition) is 1. The lowest BCUT2D eigenvalue weighted by Gasteiger charge is -2.47. The molecule has 6 aromatic rings. The maximum atomic E-state index is 5.43. The first-order valence-corrected chi connectivity index (χ1v) is 18.1. The summed E-state index contributed by atoms with van der Waals surface area (Å²) in [5, 5.41) is 3.79. The number of rotatable bonds is 5. The van der Waals surface area contributed by atoms with Crippen molar-refractivity contribution in [3.63, 3.8) is 0 Å². The van der Waals surface area contributed by atoms with Crippen LogP contribution < -0.4 is 5.32 Å². The predicted octanol–water partition coefficient (Wildman–Crippen LogP) is 10.6. The van der Waals surface area contributed by atoms with E-state index in [4.69, 9.17) is 9.98 Å². The number of aliphatic imine (C=N–C) groups is 2. The molecule has 1 spiro atoms. The first-order chi connectivity index (χ1) is 25.4. The average Bonchev–Trinajstić information content (AvgIpc) is 3.45. The smallest absolute Gasteiger partial charge is 0.159 e. The normalized spacial score (nSPS) is 18.0. The highest BCUT2D eigenvalue weighted by Gasteiger charge is 2.53. The summed E-state index contributed by atoms with van der Waals surface area (Å²) in [6, 6.07) is 49.7. The van der Waals surface area contributed by atoms with Crippen molar-refractivity contribution >= 4 is 17.2 Å². The second-order valence-electron chi connectivity index (χ2n) is 14.4. The fourth-order valence-corrected chi connectivity index (χ4v) is 8.90. The molecule has 0 radical (unpaired) electrons. The van der Waals surface area contributed by atoms with Gasteiger partial charge in [0.25, 0.3) is 0 Å². The summed E-state index contributed by atoms with van der Waals surface area (Å²) >= 11 is 0. The lowest BCUT2D eigenvalue weighted by Crippen LogP contribution is -2.41. The van der Waals surface area contributed by atoms with Crippen LogP contribution in [-0.4, -0.2) is 16.7 Å². The Kier molecular flexibility index (Phi) is 7.51. The fourth-order valence-electron chi connectivity index (χ4n) is 8.90. The van der Waals surface area contributed by atoms with Crippen molar-refractivity contribution in [1.29, 1.82) is 0 Å². The van der Waals surface area contributed by atoms with Gasteiger partial charge in [-0.3, -0.25) is 4.98 Å². The highest BCUT2D eigenvalue weighted by molar-refractivity contribution is 6.13. The zero-order valence-electron chi connectivity index (χ0n) is 29.9. The minimum absolute atomic E-state index is 0.144. The first kappa shape index (κ1) is 31.8. The standard InChI is InChI=1S/C48H40N4/c1-5-17-35-31(2)48(39-25-11-9-23-37(39)47(3,4)38-24-10-12-26-40(38)48)41-27-16-22-36(43(35)41)46-51-44(32-18-7-6-8-19-32)50-45(52-46)34-21-15-20-33(30-34)42-28-13-14-29-49-42/h5-30,46H,1-4H3,(H,50,51,52)/b17-5-. The summed E-state index contributed by atoms with van der Waals surface area (Å²) in [5.74, 6) is 1.49. The molecule has 0 amide bonds. The van der Waals surface area contributed by atoms with Crippen LogP contribution in [0.2, 0.25) is 0 Å². The molecule has 0 fully saturated rings. The lowest BCUT2D eigenvalue weighted by atomic mass is 9.55. The van der Waals surface area contributed by atoms with E-state index < -0.39 is 5.41 Å². The number of amidine groups is 2. The van der Waals surface area contributed by atoms with Crippen molar-refractivity contribution in [3.8, 4) is 11.3 Å². The highest BCUT2D eigenvalue weighted by atomic mass is 15.2. The maximum Gasteiger partial charge on any atom is 0.159 e. The molecule has 0 saturated heterocycles. The molecule has 252 valence electrons. The van der Waals surface area contributed by atoms with Gasteiger partial charge in [0.1, 0.15) is 12.0 Å². The Morgan fingerprint density at radius 3 is 1.94 bits per heavy atom. The quantitative estimate of drug-likeness (QED) is 0.198. The summed E-state index contributed by atoms with van der Waals surface area (Å²) in [6.45, 7) is 9.19. The van der Waals surface area contributed by atoms with E-state index in [1.54, 1.807) is 0 Å². The molecule has 4 heteroatoms. The molecule has 3 aliphatic rings. The zero-order valence-corrected chi connectivity index (χ0v) is 29.9. The number of aromatic nitrogens is 1. The van der Waals surface area contributed by atoms with Crippen molar-refractivity contribution in [2.75, 3.05) is 0 Å².